The predicted octanol–water partition coefficient (Wildman–Crippen LogP) is 2.44. The molecule has 3 aliphatic rings. The molecule has 0 aromatic heterocycles. The number of benzene rings is 1. The number of fused-ring (bicyclic) bond motifs is 3. The van der Waals surface area contributed by atoms with Gasteiger partial charge in [-0.1, -0.05) is 30.3 Å². The predicted molar refractivity (Wildman–Crippen MR) is 64.4 cm³/mol. The highest BCUT2D eigenvalue weighted by atomic mass is 32.2. The molecule has 0 N–H and O–H groups in total. The molecule has 0 unspecified atom stereocenters. The van der Waals surface area contributed by atoms with E-state index in [2.05, 4.69) is 0 Å². The minimum atomic E-state index is -0.0375. The van der Waals surface area contributed by atoms with E-state index in [0.717, 1.165) is 11.1 Å². The van der Waals surface area contributed by atoms with Gasteiger partial charge in [0.2, 0.25) is 0 Å². The van der Waals surface area contributed by atoms with Crippen LogP contribution in [-0.4, -0.2) is 11.5 Å². The van der Waals surface area contributed by atoms with Crippen molar-refractivity contribution in [3.8, 4) is 11.1 Å². The van der Waals surface area contributed by atoms with Crippen LogP contribution in [0.15, 0.2) is 46.1 Å². The van der Waals surface area contributed by atoms with Crippen molar-refractivity contribution in [1.29, 1.82) is 0 Å². The number of carbonyl (C=O) groups excluding carboxylic acids is 1. The topological polar surface area (TPSA) is 34.1 Å². The lowest BCUT2D eigenvalue weighted by Crippen LogP contribution is -2.07. The zero-order valence-corrected chi connectivity index (χ0v) is 9.21. The summed E-state index contributed by atoms with van der Waals surface area (Å²) in [6.45, 7) is 0. The Balaban J connectivity index is 2.50. The van der Waals surface area contributed by atoms with Crippen LogP contribution in [0.5, 0.6) is 0 Å². The Morgan fingerprint density at radius 1 is 1.06 bits per heavy atom. The normalized spacial score (nSPS) is 14.1. The van der Waals surface area contributed by atoms with Crippen LogP contribution >= 0.6 is 11.8 Å². The lowest BCUT2D eigenvalue weighted by Gasteiger charge is -2.05. The maximum atomic E-state index is 11.8. The number of hydrogen-bond donors (Lipinski definition) is 0. The molecule has 0 fully saturated rings. The summed E-state index contributed by atoms with van der Waals surface area (Å²) in [5.41, 5.74) is 2.30. The highest BCUT2D eigenvalue weighted by molar-refractivity contribution is 8.00. The monoisotopic (exact) mass is 228 g/mol. The zero-order chi connectivity index (χ0) is 11.1. The molecular weight excluding hydrogens is 220 g/mol. The summed E-state index contributed by atoms with van der Waals surface area (Å²) < 4.78 is 0. The second kappa shape index (κ2) is 3.46. The van der Waals surface area contributed by atoms with Crippen molar-refractivity contribution in [3.05, 3.63) is 52.2 Å². The molecule has 0 saturated carbocycles. The maximum absolute atomic E-state index is 11.8. The Morgan fingerprint density at radius 2 is 1.88 bits per heavy atom. The van der Waals surface area contributed by atoms with Crippen LogP contribution in [-0.2, 0) is 0 Å². The van der Waals surface area contributed by atoms with Gasteiger partial charge in [0.05, 0.1) is 10.6 Å². The average molecular weight is 228 g/mol. The van der Waals surface area contributed by atoms with Gasteiger partial charge in [0.15, 0.2) is 11.2 Å². The van der Waals surface area contributed by atoms with Crippen LogP contribution in [0.4, 0.5) is 0 Å². The van der Waals surface area contributed by atoms with E-state index in [4.69, 9.17) is 0 Å². The lowest BCUT2D eigenvalue weighted by atomic mass is 9.98. The third kappa shape index (κ3) is 1.28. The molecule has 0 radical (unpaired) electrons. The molecule has 1 heterocycles. The van der Waals surface area contributed by atoms with Crippen molar-refractivity contribution >= 4 is 17.5 Å². The minimum Gasteiger partial charge on any atom is -0.293 e. The molecule has 16 heavy (non-hydrogen) atoms. The SMILES string of the molecule is O=C1CSc2c1c1cccccc-1cc2=O. The number of thioether (sulfide) groups is 1. The third-order valence-corrected chi connectivity index (χ3v) is 3.81. The molecule has 0 aromatic rings. The van der Waals surface area contributed by atoms with E-state index in [9.17, 15) is 9.59 Å². The largest absolute Gasteiger partial charge is 0.293 e. The fourth-order valence-corrected chi connectivity index (χ4v) is 2.99. The zero-order valence-electron chi connectivity index (χ0n) is 8.40. The van der Waals surface area contributed by atoms with Gasteiger partial charge in [-0.05, 0) is 17.2 Å². The number of carbonyl (C=O) groups is 1. The van der Waals surface area contributed by atoms with Gasteiger partial charge in [-0.15, -0.1) is 11.8 Å². The van der Waals surface area contributed by atoms with Crippen molar-refractivity contribution in [2.24, 2.45) is 0 Å². The number of hydrogen-bond acceptors (Lipinski definition) is 3. The van der Waals surface area contributed by atoms with Crippen molar-refractivity contribution in [1.82, 2.24) is 0 Å². The van der Waals surface area contributed by atoms with Crippen molar-refractivity contribution < 1.29 is 4.79 Å². The summed E-state index contributed by atoms with van der Waals surface area (Å²) in [6, 6.07) is 11.0. The van der Waals surface area contributed by atoms with E-state index < -0.39 is 0 Å². The second-order valence-corrected chi connectivity index (χ2v) is 4.69. The van der Waals surface area contributed by atoms with E-state index in [1.165, 1.54) is 11.8 Å². The van der Waals surface area contributed by atoms with Crippen LogP contribution in [0.3, 0.4) is 0 Å². The first kappa shape index (κ1) is 9.60. The number of Topliss-reactive ketones (excluding diaryl/α,β-unsaturated/α-hetero) is 1. The molecule has 0 saturated heterocycles. The van der Waals surface area contributed by atoms with Gasteiger partial charge in [0.1, 0.15) is 0 Å². The van der Waals surface area contributed by atoms with Crippen molar-refractivity contribution in [2.75, 3.05) is 5.75 Å². The molecule has 0 bridgehead atoms. The van der Waals surface area contributed by atoms with Crippen LogP contribution < -0.4 is 5.43 Å². The second-order valence-electron chi connectivity index (χ2n) is 3.70. The summed E-state index contributed by atoms with van der Waals surface area (Å²) in [6.07, 6.45) is 0. The van der Waals surface area contributed by atoms with E-state index in [1.807, 2.05) is 30.3 Å². The first-order valence-electron chi connectivity index (χ1n) is 4.99. The van der Waals surface area contributed by atoms with Gasteiger partial charge in [-0.3, -0.25) is 9.59 Å². The van der Waals surface area contributed by atoms with E-state index >= 15 is 0 Å². The molecule has 0 atom stereocenters. The van der Waals surface area contributed by atoms with Crippen LogP contribution in [0, 0.1) is 0 Å². The quantitative estimate of drug-likeness (QED) is 0.694. The van der Waals surface area contributed by atoms with E-state index in [1.54, 1.807) is 6.07 Å². The molecule has 3 rings (SSSR count). The Hall–Kier alpha value is -1.61. The first-order chi connectivity index (χ1) is 7.77. The Morgan fingerprint density at radius 3 is 2.75 bits per heavy atom. The summed E-state index contributed by atoms with van der Waals surface area (Å²) in [5.74, 6) is 0.455. The first-order valence-corrected chi connectivity index (χ1v) is 5.98. The summed E-state index contributed by atoms with van der Waals surface area (Å²) in [4.78, 5) is 24.2. The molecule has 0 amide bonds. The summed E-state index contributed by atoms with van der Waals surface area (Å²) in [7, 11) is 0. The van der Waals surface area contributed by atoms with Crippen molar-refractivity contribution in [3.63, 3.8) is 0 Å². The van der Waals surface area contributed by atoms with E-state index in [-0.39, 0.29) is 11.2 Å². The van der Waals surface area contributed by atoms with Crippen LogP contribution in [0.1, 0.15) is 10.4 Å². The van der Waals surface area contributed by atoms with Gasteiger partial charge >= 0.3 is 0 Å². The molecule has 2 nitrogen and oxygen atoms in total. The van der Waals surface area contributed by atoms with Crippen molar-refractivity contribution in [2.45, 2.75) is 4.90 Å². The highest BCUT2D eigenvalue weighted by Crippen LogP contribution is 2.36. The van der Waals surface area contributed by atoms with Gasteiger partial charge in [-0.25, -0.2) is 0 Å². The maximum Gasteiger partial charge on any atom is 0.193 e. The van der Waals surface area contributed by atoms with E-state index in [0.29, 0.717) is 16.2 Å². The van der Waals surface area contributed by atoms with Crippen LogP contribution in [0.25, 0.3) is 11.1 Å². The minimum absolute atomic E-state index is 0.0375. The Labute approximate surface area is 96.6 Å². The molecule has 3 heteroatoms. The standard InChI is InChI=1S/C13H8O2S/c14-10-6-8-4-2-1-3-5-9(8)12-11(15)7-16-13(10)12/h1-6H,7H2. The summed E-state index contributed by atoms with van der Waals surface area (Å²) in [5, 5.41) is 0. The molecule has 1 aliphatic heterocycles. The smallest absolute Gasteiger partial charge is 0.193 e. The number of rotatable bonds is 0. The summed E-state index contributed by atoms with van der Waals surface area (Å²) >= 11 is 1.35. The highest BCUT2D eigenvalue weighted by Gasteiger charge is 2.27. The number of ketones is 1. The average Bonchev–Trinajstić information content (AvgIpc) is 2.51. The lowest BCUT2D eigenvalue weighted by molar-refractivity contribution is 0.102. The van der Waals surface area contributed by atoms with Gasteiger partial charge in [0.25, 0.3) is 0 Å². The fraction of sp³-hybridized carbons (Fsp3) is 0.0769. The van der Waals surface area contributed by atoms with Gasteiger partial charge < -0.3 is 0 Å². The van der Waals surface area contributed by atoms with Gasteiger partial charge in [-0.2, -0.15) is 0 Å². The molecule has 0 spiro atoms. The molecular formula is C13H8O2S. The fourth-order valence-electron chi connectivity index (χ4n) is 2.00. The third-order valence-electron chi connectivity index (χ3n) is 2.71. The van der Waals surface area contributed by atoms with Crippen LogP contribution in [0.2, 0.25) is 0 Å². The van der Waals surface area contributed by atoms with Gasteiger partial charge in [0, 0.05) is 5.56 Å². The molecule has 2 aliphatic carbocycles. The molecule has 78 valence electrons. The Bertz CT molecular complexity index is 619. The Kier molecular flexibility index (Phi) is 2.07. The molecule has 0 aromatic carbocycles.